The van der Waals surface area contributed by atoms with E-state index in [4.69, 9.17) is 0 Å². The molecule has 3 rings (SSSR count). The standard InChI is InChI=1S/C20H28N2O2/c1-21(18-8-4-2-5-9-18)19(23)16-10-12-17(13-11-16)20(24)22-14-6-3-7-15-22/h2,4-5,8-9,16-17H,3,6-7,10-15H2,1H3. The highest BCUT2D eigenvalue weighted by Gasteiger charge is 2.33. The molecule has 0 N–H and O–H groups in total. The van der Waals surface area contributed by atoms with Crippen molar-refractivity contribution in [1.82, 2.24) is 4.90 Å². The summed E-state index contributed by atoms with van der Waals surface area (Å²) in [4.78, 5) is 29.1. The lowest BCUT2D eigenvalue weighted by Crippen LogP contribution is -2.42. The van der Waals surface area contributed by atoms with E-state index in [1.54, 1.807) is 4.90 Å². The fourth-order valence-corrected chi connectivity index (χ4v) is 4.01. The van der Waals surface area contributed by atoms with Gasteiger partial charge in [-0.05, 0) is 57.1 Å². The van der Waals surface area contributed by atoms with Crippen LogP contribution in [-0.2, 0) is 9.59 Å². The van der Waals surface area contributed by atoms with Gasteiger partial charge in [0.1, 0.15) is 0 Å². The Morgan fingerprint density at radius 1 is 0.917 bits per heavy atom. The number of hydrogen-bond donors (Lipinski definition) is 0. The number of anilines is 1. The third kappa shape index (κ3) is 3.80. The van der Waals surface area contributed by atoms with Crippen LogP contribution in [0.15, 0.2) is 30.3 Å². The Kier molecular flexibility index (Phi) is 5.54. The largest absolute Gasteiger partial charge is 0.342 e. The van der Waals surface area contributed by atoms with Crippen LogP contribution in [0.5, 0.6) is 0 Å². The highest BCUT2D eigenvalue weighted by Crippen LogP contribution is 2.32. The second kappa shape index (κ2) is 7.82. The lowest BCUT2D eigenvalue weighted by Gasteiger charge is -2.34. The lowest BCUT2D eigenvalue weighted by molar-refractivity contribution is -0.138. The molecular formula is C20H28N2O2. The maximum atomic E-state index is 12.7. The molecule has 1 aliphatic heterocycles. The molecule has 1 aliphatic carbocycles. The molecule has 0 bridgehead atoms. The minimum atomic E-state index is 0.0561. The molecular weight excluding hydrogens is 300 g/mol. The quantitative estimate of drug-likeness (QED) is 0.852. The number of carbonyl (C=O) groups excluding carboxylic acids is 2. The van der Waals surface area contributed by atoms with Crippen LogP contribution in [0.3, 0.4) is 0 Å². The summed E-state index contributed by atoms with van der Waals surface area (Å²) in [6.07, 6.45) is 6.91. The summed E-state index contributed by atoms with van der Waals surface area (Å²) in [5.41, 5.74) is 0.939. The van der Waals surface area contributed by atoms with E-state index in [-0.39, 0.29) is 17.7 Å². The number of nitrogens with zero attached hydrogens (tertiary/aromatic N) is 2. The first-order valence-electron chi connectivity index (χ1n) is 9.28. The minimum absolute atomic E-state index is 0.0561. The summed E-state index contributed by atoms with van der Waals surface area (Å²) >= 11 is 0. The molecule has 24 heavy (non-hydrogen) atoms. The van der Waals surface area contributed by atoms with Gasteiger partial charge in [-0.3, -0.25) is 9.59 Å². The maximum Gasteiger partial charge on any atom is 0.229 e. The number of para-hydroxylation sites is 1. The lowest BCUT2D eigenvalue weighted by atomic mass is 9.80. The van der Waals surface area contributed by atoms with Gasteiger partial charge in [0.05, 0.1) is 0 Å². The summed E-state index contributed by atoms with van der Waals surface area (Å²) < 4.78 is 0. The van der Waals surface area contributed by atoms with Crippen molar-refractivity contribution in [3.63, 3.8) is 0 Å². The second-order valence-electron chi connectivity index (χ2n) is 7.17. The first-order valence-corrected chi connectivity index (χ1v) is 9.28. The van der Waals surface area contributed by atoms with Crippen LogP contribution >= 0.6 is 0 Å². The first kappa shape index (κ1) is 17.0. The molecule has 1 saturated carbocycles. The zero-order chi connectivity index (χ0) is 16.9. The Balaban J connectivity index is 1.53. The van der Waals surface area contributed by atoms with E-state index >= 15 is 0 Å². The topological polar surface area (TPSA) is 40.6 Å². The molecule has 4 heteroatoms. The molecule has 0 atom stereocenters. The molecule has 2 fully saturated rings. The van der Waals surface area contributed by atoms with E-state index < -0.39 is 0 Å². The van der Waals surface area contributed by atoms with Crippen LogP contribution < -0.4 is 4.90 Å². The fraction of sp³-hybridized carbons (Fsp3) is 0.600. The predicted octanol–water partition coefficient (Wildman–Crippen LogP) is 3.47. The van der Waals surface area contributed by atoms with Gasteiger partial charge in [0, 0.05) is 37.7 Å². The predicted molar refractivity (Wildman–Crippen MR) is 95.7 cm³/mol. The Bertz CT molecular complexity index is 558. The highest BCUT2D eigenvalue weighted by atomic mass is 16.2. The number of carbonyl (C=O) groups is 2. The van der Waals surface area contributed by atoms with Gasteiger partial charge in [-0.1, -0.05) is 18.2 Å². The van der Waals surface area contributed by atoms with Crippen molar-refractivity contribution < 1.29 is 9.59 Å². The van der Waals surface area contributed by atoms with Crippen molar-refractivity contribution in [3.05, 3.63) is 30.3 Å². The molecule has 1 aromatic rings. The number of piperidine rings is 1. The zero-order valence-corrected chi connectivity index (χ0v) is 14.6. The van der Waals surface area contributed by atoms with Crippen LogP contribution in [-0.4, -0.2) is 36.9 Å². The van der Waals surface area contributed by atoms with Gasteiger partial charge < -0.3 is 9.80 Å². The summed E-state index contributed by atoms with van der Waals surface area (Å²) in [6.45, 7) is 1.85. The normalized spacial score (nSPS) is 24.5. The highest BCUT2D eigenvalue weighted by molar-refractivity contribution is 5.94. The summed E-state index contributed by atoms with van der Waals surface area (Å²) in [5, 5.41) is 0. The fourth-order valence-electron chi connectivity index (χ4n) is 4.01. The van der Waals surface area contributed by atoms with Crippen molar-refractivity contribution >= 4 is 17.5 Å². The maximum absolute atomic E-state index is 12.7. The van der Waals surface area contributed by atoms with Crippen LogP contribution in [0.1, 0.15) is 44.9 Å². The number of rotatable bonds is 3. The Morgan fingerprint density at radius 2 is 1.50 bits per heavy atom. The number of benzene rings is 1. The molecule has 4 nitrogen and oxygen atoms in total. The SMILES string of the molecule is CN(C(=O)C1CCC(C(=O)N2CCCCC2)CC1)c1ccccc1. The Morgan fingerprint density at radius 3 is 2.12 bits per heavy atom. The number of hydrogen-bond acceptors (Lipinski definition) is 2. The van der Waals surface area contributed by atoms with Gasteiger partial charge in [0.15, 0.2) is 0 Å². The van der Waals surface area contributed by atoms with Crippen molar-refractivity contribution in [2.45, 2.75) is 44.9 Å². The minimum Gasteiger partial charge on any atom is -0.342 e. The molecule has 0 unspecified atom stereocenters. The van der Waals surface area contributed by atoms with Gasteiger partial charge in [0.25, 0.3) is 0 Å². The van der Waals surface area contributed by atoms with E-state index in [1.807, 2.05) is 42.3 Å². The molecule has 0 aromatic heterocycles. The van der Waals surface area contributed by atoms with E-state index in [1.165, 1.54) is 6.42 Å². The third-order valence-electron chi connectivity index (χ3n) is 5.57. The van der Waals surface area contributed by atoms with Gasteiger partial charge in [-0.15, -0.1) is 0 Å². The van der Waals surface area contributed by atoms with Gasteiger partial charge >= 0.3 is 0 Å². The van der Waals surface area contributed by atoms with Crippen LogP contribution in [0.4, 0.5) is 5.69 Å². The second-order valence-corrected chi connectivity index (χ2v) is 7.17. The van der Waals surface area contributed by atoms with Crippen molar-refractivity contribution in [2.24, 2.45) is 11.8 Å². The number of amides is 2. The van der Waals surface area contributed by atoms with E-state index in [0.29, 0.717) is 5.91 Å². The van der Waals surface area contributed by atoms with E-state index in [2.05, 4.69) is 0 Å². The molecule has 1 aromatic carbocycles. The van der Waals surface area contributed by atoms with Gasteiger partial charge in [-0.25, -0.2) is 0 Å². The van der Waals surface area contributed by atoms with Crippen LogP contribution in [0, 0.1) is 11.8 Å². The molecule has 2 amide bonds. The smallest absolute Gasteiger partial charge is 0.229 e. The number of likely N-dealkylation sites (tertiary alicyclic amines) is 1. The monoisotopic (exact) mass is 328 g/mol. The molecule has 130 valence electrons. The molecule has 2 aliphatic rings. The summed E-state index contributed by atoms with van der Waals surface area (Å²) in [6, 6.07) is 9.78. The molecule has 0 radical (unpaired) electrons. The van der Waals surface area contributed by atoms with Crippen molar-refractivity contribution in [3.8, 4) is 0 Å². The molecule has 1 heterocycles. The van der Waals surface area contributed by atoms with Crippen LogP contribution in [0.2, 0.25) is 0 Å². The van der Waals surface area contributed by atoms with Crippen molar-refractivity contribution in [1.29, 1.82) is 0 Å². The van der Waals surface area contributed by atoms with E-state index in [0.717, 1.165) is 57.3 Å². The molecule has 0 spiro atoms. The zero-order valence-electron chi connectivity index (χ0n) is 14.6. The average Bonchev–Trinajstić information content (AvgIpc) is 2.68. The van der Waals surface area contributed by atoms with E-state index in [9.17, 15) is 9.59 Å². The Labute approximate surface area is 144 Å². The van der Waals surface area contributed by atoms with Crippen LogP contribution in [0.25, 0.3) is 0 Å². The van der Waals surface area contributed by atoms with Gasteiger partial charge in [-0.2, -0.15) is 0 Å². The average molecular weight is 328 g/mol. The molecule has 1 saturated heterocycles. The first-order chi connectivity index (χ1) is 11.7. The Hall–Kier alpha value is -1.84. The van der Waals surface area contributed by atoms with Crippen molar-refractivity contribution in [2.75, 3.05) is 25.0 Å². The summed E-state index contributed by atoms with van der Waals surface area (Å²) in [5.74, 6) is 0.705. The third-order valence-corrected chi connectivity index (χ3v) is 5.57. The van der Waals surface area contributed by atoms with Gasteiger partial charge in [0.2, 0.25) is 11.8 Å². The summed E-state index contributed by atoms with van der Waals surface area (Å²) in [7, 11) is 1.85.